The molecule has 0 aromatic heterocycles. The first kappa shape index (κ1) is 32.1. The van der Waals surface area contributed by atoms with Gasteiger partial charge in [0.15, 0.2) is 34.7 Å². The number of aliphatic hydroxyl groups is 2. The molecule has 2 aromatic rings. The standard InChI is InChI=1S/C34H40N4O8/c1-16-19-8-9-20(18-7-5-6-17(14-18)15-38-12-10-37(4)11-13-38)27(39)22(19)28(40)23-21(16)29(41)25-26(36(2)3)30(42)24(33(35)45)32(44)34(25,46)31(23)43/h5-9,14,16,21,23-26,29,39,41,46H,10-13,15H2,1-4H3,(H2,35,45)/t16-,21+,23?,24?,25+,26-,29-,34-/m1/s1. The number of fused-ring (bicyclic) bond motifs is 3. The van der Waals surface area contributed by atoms with Crippen molar-refractivity contribution in [2.24, 2.45) is 29.4 Å². The van der Waals surface area contributed by atoms with E-state index >= 15 is 0 Å². The van der Waals surface area contributed by atoms with Gasteiger partial charge in [-0.15, -0.1) is 0 Å². The second kappa shape index (κ2) is 11.5. The molecule has 1 heterocycles. The van der Waals surface area contributed by atoms with Crippen LogP contribution in [0.4, 0.5) is 0 Å². The number of hydrogen-bond donors (Lipinski definition) is 4. The van der Waals surface area contributed by atoms with Crippen molar-refractivity contribution in [3.8, 4) is 16.9 Å². The van der Waals surface area contributed by atoms with Crippen LogP contribution >= 0.6 is 0 Å². The molecule has 2 aromatic carbocycles. The lowest BCUT2D eigenvalue weighted by Crippen LogP contribution is -2.77. The van der Waals surface area contributed by atoms with E-state index in [1.54, 1.807) is 19.1 Å². The highest BCUT2D eigenvalue weighted by atomic mass is 16.3. The first-order chi connectivity index (χ1) is 21.7. The lowest BCUT2D eigenvalue weighted by Gasteiger charge is -2.56. The number of rotatable bonds is 5. The summed E-state index contributed by atoms with van der Waals surface area (Å²) in [5, 5.41) is 35.3. The average Bonchev–Trinajstić information content (AvgIpc) is 3.00. The van der Waals surface area contributed by atoms with E-state index in [1.807, 2.05) is 24.3 Å². The highest BCUT2D eigenvalue weighted by molar-refractivity contribution is 6.32. The zero-order chi connectivity index (χ0) is 33.4. The number of amides is 1. The number of benzene rings is 2. The van der Waals surface area contributed by atoms with Gasteiger partial charge in [-0.25, -0.2) is 0 Å². The maximum absolute atomic E-state index is 14.2. The van der Waals surface area contributed by atoms with E-state index in [-0.39, 0.29) is 11.3 Å². The van der Waals surface area contributed by atoms with E-state index in [9.17, 15) is 39.3 Å². The zero-order valence-corrected chi connectivity index (χ0v) is 26.3. The highest BCUT2D eigenvalue weighted by Gasteiger charge is 2.72. The van der Waals surface area contributed by atoms with Gasteiger partial charge in [-0.1, -0.05) is 37.3 Å². The van der Waals surface area contributed by atoms with Crippen molar-refractivity contribution >= 4 is 29.0 Å². The predicted octanol–water partition coefficient (Wildman–Crippen LogP) is -0.187. The van der Waals surface area contributed by atoms with Crippen LogP contribution in [0.25, 0.3) is 11.1 Å². The molecule has 12 heteroatoms. The normalized spacial score (nSPS) is 33.5. The molecule has 1 aliphatic heterocycles. The number of primary amides is 1. The third-order valence-electron chi connectivity index (χ3n) is 10.7. The van der Waals surface area contributed by atoms with Crippen molar-refractivity contribution in [2.75, 3.05) is 47.3 Å². The monoisotopic (exact) mass is 632 g/mol. The van der Waals surface area contributed by atoms with E-state index in [2.05, 4.69) is 16.8 Å². The van der Waals surface area contributed by atoms with Gasteiger partial charge in [0, 0.05) is 44.2 Å². The number of nitrogens with two attached hydrogens (primary N) is 1. The molecule has 5 N–H and O–H groups in total. The molecular weight excluding hydrogens is 592 g/mol. The second-order valence-corrected chi connectivity index (χ2v) is 13.6. The molecule has 0 radical (unpaired) electrons. The number of carbonyl (C=O) groups is 5. The first-order valence-corrected chi connectivity index (χ1v) is 15.6. The lowest BCUT2D eigenvalue weighted by atomic mass is 9.49. The summed E-state index contributed by atoms with van der Waals surface area (Å²) >= 11 is 0. The summed E-state index contributed by atoms with van der Waals surface area (Å²) in [4.78, 5) is 73.6. The van der Waals surface area contributed by atoms with Gasteiger partial charge in [0.1, 0.15) is 5.75 Å². The fourth-order valence-corrected chi connectivity index (χ4v) is 8.32. The number of hydrogen-bond acceptors (Lipinski definition) is 11. The number of ketones is 4. The number of phenols is 1. The molecule has 1 amide bonds. The van der Waals surface area contributed by atoms with Gasteiger partial charge >= 0.3 is 0 Å². The molecule has 0 spiro atoms. The van der Waals surface area contributed by atoms with Gasteiger partial charge in [-0.05, 0) is 49.8 Å². The Morgan fingerprint density at radius 3 is 2.35 bits per heavy atom. The molecule has 244 valence electrons. The summed E-state index contributed by atoms with van der Waals surface area (Å²) in [6.07, 6.45) is -1.66. The molecular formula is C34H40N4O8. The quantitative estimate of drug-likeness (QED) is 0.321. The summed E-state index contributed by atoms with van der Waals surface area (Å²) in [5.74, 6) is -13.3. The van der Waals surface area contributed by atoms with Crippen molar-refractivity contribution in [3.05, 3.63) is 53.1 Å². The Morgan fingerprint density at radius 2 is 1.72 bits per heavy atom. The summed E-state index contributed by atoms with van der Waals surface area (Å²) in [5.41, 5.74) is 4.72. The number of aromatic hydroxyl groups is 1. The zero-order valence-electron chi connectivity index (χ0n) is 26.3. The van der Waals surface area contributed by atoms with Crippen LogP contribution in [-0.4, -0.2) is 124 Å². The number of aliphatic hydroxyl groups excluding tert-OH is 1. The van der Waals surface area contributed by atoms with E-state index in [1.165, 1.54) is 19.0 Å². The Labute approximate surface area is 266 Å². The molecule has 0 bridgehead atoms. The largest absolute Gasteiger partial charge is 0.507 e. The number of Topliss-reactive ketones (excluding diaryl/α,β-unsaturated/α-hetero) is 4. The van der Waals surface area contributed by atoms with Crippen LogP contribution in [0.15, 0.2) is 36.4 Å². The van der Waals surface area contributed by atoms with Gasteiger partial charge in [0.25, 0.3) is 0 Å². The van der Waals surface area contributed by atoms with Crippen LogP contribution in [0.1, 0.15) is 34.3 Å². The van der Waals surface area contributed by atoms with Crippen molar-refractivity contribution < 1.29 is 39.3 Å². The number of likely N-dealkylation sites (N-methyl/N-ethyl adjacent to an activating group) is 2. The Hall–Kier alpha value is -3.81. The van der Waals surface area contributed by atoms with Gasteiger partial charge in [0.05, 0.1) is 29.5 Å². The van der Waals surface area contributed by atoms with E-state index in [0.717, 1.165) is 38.3 Å². The Balaban J connectivity index is 1.41. The molecule has 6 rings (SSSR count). The van der Waals surface area contributed by atoms with E-state index in [0.29, 0.717) is 16.7 Å². The second-order valence-electron chi connectivity index (χ2n) is 13.6. The fourth-order valence-electron chi connectivity index (χ4n) is 8.32. The van der Waals surface area contributed by atoms with Gasteiger partial charge in [0.2, 0.25) is 5.91 Å². The van der Waals surface area contributed by atoms with Crippen LogP contribution in [0.5, 0.6) is 5.75 Å². The Kier molecular flexibility index (Phi) is 8.01. The molecule has 4 aliphatic rings. The first-order valence-electron chi connectivity index (χ1n) is 15.6. The van der Waals surface area contributed by atoms with Crippen molar-refractivity contribution in [2.45, 2.75) is 37.1 Å². The highest BCUT2D eigenvalue weighted by Crippen LogP contribution is 2.55. The van der Waals surface area contributed by atoms with Crippen molar-refractivity contribution in [1.82, 2.24) is 14.7 Å². The Bertz CT molecular complexity index is 1650. The van der Waals surface area contributed by atoms with Crippen LogP contribution in [0.3, 0.4) is 0 Å². The topological polar surface area (TPSA) is 182 Å². The van der Waals surface area contributed by atoms with Crippen molar-refractivity contribution in [3.63, 3.8) is 0 Å². The summed E-state index contributed by atoms with van der Waals surface area (Å²) in [7, 11) is 5.02. The average molecular weight is 633 g/mol. The fraction of sp³-hybridized carbons (Fsp3) is 0.500. The maximum atomic E-state index is 14.2. The molecule has 3 fully saturated rings. The molecule has 2 unspecified atom stereocenters. The van der Waals surface area contributed by atoms with Gasteiger partial charge < -0.3 is 26.0 Å². The summed E-state index contributed by atoms with van der Waals surface area (Å²) < 4.78 is 0. The third kappa shape index (κ3) is 4.65. The van der Waals surface area contributed by atoms with Crippen molar-refractivity contribution in [1.29, 1.82) is 0 Å². The van der Waals surface area contributed by atoms with Crippen LogP contribution in [0.2, 0.25) is 0 Å². The minimum atomic E-state index is -3.03. The molecule has 1 saturated heterocycles. The van der Waals surface area contributed by atoms with E-state index in [4.69, 9.17) is 5.73 Å². The smallest absolute Gasteiger partial charge is 0.235 e. The molecule has 8 atom stereocenters. The Morgan fingerprint density at radius 1 is 1.04 bits per heavy atom. The summed E-state index contributed by atoms with van der Waals surface area (Å²) in [6.45, 7) is 6.22. The lowest BCUT2D eigenvalue weighted by molar-refractivity contribution is -0.196. The maximum Gasteiger partial charge on any atom is 0.235 e. The molecule has 2 saturated carbocycles. The van der Waals surface area contributed by atoms with Crippen LogP contribution < -0.4 is 5.73 Å². The molecule has 46 heavy (non-hydrogen) atoms. The number of nitrogens with zero attached hydrogens (tertiary/aromatic N) is 3. The molecule has 3 aliphatic carbocycles. The minimum Gasteiger partial charge on any atom is -0.507 e. The SMILES string of the molecule is C[C@@H]1c2ccc(-c3cccc(CN4CCN(C)CC4)c3)c(O)c2C(=O)C2C(=O)[C@@]3(O)C(=O)C(C(N)=O)C(=O)[C@H](N(C)C)[C@H]3[C@H](O)[C@H]21. The number of phenolic OH excluding ortho intramolecular Hbond substituents is 1. The minimum absolute atomic E-state index is 0.117. The van der Waals surface area contributed by atoms with E-state index < -0.39 is 76.4 Å². The van der Waals surface area contributed by atoms with Crippen LogP contribution in [0, 0.1) is 23.7 Å². The number of piperazine rings is 1. The van der Waals surface area contributed by atoms with Gasteiger partial charge in [-0.2, -0.15) is 0 Å². The third-order valence-corrected chi connectivity index (χ3v) is 10.7. The molecule has 12 nitrogen and oxygen atoms in total. The predicted molar refractivity (Wildman–Crippen MR) is 166 cm³/mol. The summed E-state index contributed by atoms with van der Waals surface area (Å²) in [6, 6.07) is 9.64. The van der Waals surface area contributed by atoms with Crippen LogP contribution in [-0.2, 0) is 25.7 Å². The number of carbonyl (C=O) groups excluding carboxylic acids is 5. The van der Waals surface area contributed by atoms with Gasteiger partial charge in [-0.3, -0.25) is 33.8 Å².